The molecule has 4 rings (SSSR count). The largest absolute Gasteiger partial charge is 0.493 e. The van der Waals surface area contributed by atoms with E-state index < -0.39 is 21.2 Å². The third-order valence-corrected chi connectivity index (χ3v) is 8.55. The van der Waals surface area contributed by atoms with Crippen molar-refractivity contribution in [2.45, 2.75) is 43.1 Å². The van der Waals surface area contributed by atoms with Gasteiger partial charge in [0.2, 0.25) is 0 Å². The summed E-state index contributed by atoms with van der Waals surface area (Å²) in [4.78, 5) is 19.4. The van der Waals surface area contributed by atoms with Gasteiger partial charge in [-0.2, -0.15) is 11.8 Å². The summed E-state index contributed by atoms with van der Waals surface area (Å²) in [6, 6.07) is 2.86. The second-order valence-corrected chi connectivity index (χ2v) is 11.2. The summed E-state index contributed by atoms with van der Waals surface area (Å²) in [7, 11) is -2.90. The van der Waals surface area contributed by atoms with Crippen LogP contribution in [-0.2, 0) is 15.6 Å². The summed E-state index contributed by atoms with van der Waals surface area (Å²) >= 11 is 1.58. The first-order chi connectivity index (χ1) is 13.4. The topological polar surface area (TPSA) is 89.1 Å². The molecule has 2 aliphatic rings. The number of aromatic nitrogens is 2. The van der Waals surface area contributed by atoms with Gasteiger partial charge >= 0.3 is 0 Å². The molecule has 1 aliphatic heterocycles. The molecule has 0 spiro atoms. The number of hydrogen-bond donors (Lipinski definition) is 1. The molecular weight excluding hydrogens is 403 g/mol. The fraction of sp³-hybridized carbons (Fsp3) is 0.579. The van der Waals surface area contributed by atoms with Crippen molar-refractivity contribution < 1.29 is 17.5 Å². The number of rotatable bonds is 6. The van der Waals surface area contributed by atoms with Gasteiger partial charge < -0.3 is 9.72 Å². The Morgan fingerprint density at radius 3 is 2.64 bits per heavy atom. The van der Waals surface area contributed by atoms with Gasteiger partial charge in [-0.1, -0.05) is 6.42 Å². The number of nitrogens with zero attached hydrogens (tertiary/aromatic N) is 1. The molecule has 0 amide bonds. The predicted molar refractivity (Wildman–Crippen MR) is 108 cm³/mol. The van der Waals surface area contributed by atoms with Gasteiger partial charge in [0.15, 0.2) is 0 Å². The van der Waals surface area contributed by atoms with Crippen LogP contribution >= 0.6 is 11.8 Å². The van der Waals surface area contributed by atoms with Gasteiger partial charge in [-0.3, -0.25) is 4.79 Å². The molecular formula is C19H23FN2O4S2. The van der Waals surface area contributed by atoms with Crippen LogP contribution in [0.3, 0.4) is 0 Å². The molecule has 2 heterocycles. The van der Waals surface area contributed by atoms with Gasteiger partial charge in [0.1, 0.15) is 32.6 Å². The van der Waals surface area contributed by atoms with Crippen LogP contribution in [0.2, 0.25) is 0 Å². The lowest BCUT2D eigenvalue weighted by molar-refractivity contribution is 0.180. The zero-order valence-corrected chi connectivity index (χ0v) is 17.1. The van der Waals surface area contributed by atoms with Crippen LogP contribution in [0.15, 0.2) is 16.9 Å². The van der Waals surface area contributed by atoms with E-state index >= 15 is 0 Å². The second-order valence-electron chi connectivity index (χ2n) is 7.58. The molecule has 1 saturated carbocycles. The summed E-state index contributed by atoms with van der Waals surface area (Å²) in [5, 5.41) is 0.159. The first kappa shape index (κ1) is 19.7. The van der Waals surface area contributed by atoms with Crippen molar-refractivity contribution >= 4 is 32.5 Å². The molecule has 1 aromatic carbocycles. The number of halogens is 1. The molecule has 1 N–H and O–H groups in total. The standard InChI is InChI=1S/C19H23FN2O4S2/c20-15-8-13(26-10-12-2-1-3-12)9-16-18(15)19(23)22-17(21-16)11-27-14-4-6-28(24,25)7-5-14/h8-9,12,14H,1-7,10-11H2,(H,21,22,23). The number of aromatic amines is 1. The van der Waals surface area contributed by atoms with Crippen LogP contribution in [0.5, 0.6) is 5.75 Å². The van der Waals surface area contributed by atoms with E-state index in [1.807, 2.05) is 0 Å². The first-order valence-electron chi connectivity index (χ1n) is 9.57. The summed E-state index contributed by atoms with van der Waals surface area (Å²) in [6.45, 7) is 0.557. The van der Waals surface area contributed by atoms with Gasteiger partial charge in [-0.05, 0) is 31.6 Å². The minimum atomic E-state index is -2.90. The number of hydrogen-bond acceptors (Lipinski definition) is 6. The van der Waals surface area contributed by atoms with Crippen LogP contribution in [0, 0.1) is 11.7 Å². The Morgan fingerprint density at radius 2 is 1.96 bits per heavy atom. The smallest absolute Gasteiger partial charge is 0.261 e. The number of benzene rings is 1. The van der Waals surface area contributed by atoms with Crippen molar-refractivity contribution in [1.29, 1.82) is 0 Å². The van der Waals surface area contributed by atoms with Crippen molar-refractivity contribution in [3.63, 3.8) is 0 Å². The summed E-state index contributed by atoms with van der Waals surface area (Å²) in [5.74, 6) is 1.62. The molecule has 6 nitrogen and oxygen atoms in total. The Bertz CT molecular complexity index is 1020. The molecule has 0 bridgehead atoms. The number of H-pyrrole nitrogens is 1. The Kier molecular flexibility index (Phi) is 5.64. The third-order valence-electron chi connectivity index (χ3n) is 5.45. The molecule has 1 saturated heterocycles. The van der Waals surface area contributed by atoms with Gasteiger partial charge in [0, 0.05) is 17.4 Å². The maximum Gasteiger partial charge on any atom is 0.261 e. The van der Waals surface area contributed by atoms with E-state index in [1.165, 1.54) is 12.5 Å². The summed E-state index contributed by atoms with van der Waals surface area (Å²) < 4.78 is 43.2. The Morgan fingerprint density at radius 1 is 1.21 bits per heavy atom. The van der Waals surface area contributed by atoms with Crippen molar-refractivity contribution in [2.75, 3.05) is 18.1 Å². The average Bonchev–Trinajstić information content (AvgIpc) is 2.59. The van der Waals surface area contributed by atoms with E-state index in [-0.39, 0.29) is 27.7 Å². The van der Waals surface area contributed by atoms with E-state index in [0.29, 0.717) is 42.7 Å². The average molecular weight is 427 g/mol. The Balaban J connectivity index is 1.48. The lowest BCUT2D eigenvalue weighted by atomic mass is 9.86. The molecule has 28 heavy (non-hydrogen) atoms. The Hall–Kier alpha value is -1.61. The normalized spacial score (nSPS) is 20.2. The van der Waals surface area contributed by atoms with E-state index in [4.69, 9.17) is 4.74 Å². The SMILES string of the molecule is O=c1[nH]c(CSC2CCS(=O)(=O)CC2)nc2cc(OCC3CCC3)cc(F)c12. The van der Waals surface area contributed by atoms with Gasteiger partial charge in [0.25, 0.3) is 5.56 Å². The number of nitrogens with one attached hydrogen (secondary N) is 1. The van der Waals surface area contributed by atoms with Crippen molar-refractivity contribution in [1.82, 2.24) is 9.97 Å². The highest BCUT2D eigenvalue weighted by atomic mass is 32.2. The maximum absolute atomic E-state index is 14.4. The number of thioether (sulfide) groups is 1. The highest BCUT2D eigenvalue weighted by Gasteiger charge is 2.24. The minimum Gasteiger partial charge on any atom is -0.493 e. The zero-order chi connectivity index (χ0) is 19.7. The van der Waals surface area contributed by atoms with Crippen LogP contribution in [0.1, 0.15) is 37.9 Å². The molecule has 0 radical (unpaired) electrons. The van der Waals surface area contributed by atoms with Crippen LogP contribution in [0.4, 0.5) is 4.39 Å². The fourth-order valence-corrected chi connectivity index (χ4v) is 6.39. The molecule has 1 aromatic heterocycles. The van der Waals surface area contributed by atoms with E-state index in [9.17, 15) is 17.6 Å². The van der Waals surface area contributed by atoms with Crippen molar-refractivity contribution in [3.8, 4) is 5.75 Å². The van der Waals surface area contributed by atoms with E-state index in [1.54, 1.807) is 17.8 Å². The lowest BCUT2D eigenvalue weighted by Gasteiger charge is -2.25. The summed E-state index contributed by atoms with van der Waals surface area (Å²) in [5.41, 5.74) is -0.218. The first-order valence-corrected chi connectivity index (χ1v) is 12.4. The third kappa shape index (κ3) is 4.51. The van der Waals surface area contributed by atoms with E-state index in [0.717, 1.165) is 12.8 Å². The van der Waals surface area contributed by atoms with Crippen LogP contribution < -0.4 is 10.3 Å². The minimum absolute atomic E-state index is 0.0616. The highest BCUT2D eigenvalue weighted by molar-refractivity contribution is 7.99. The van der Waals surface area contributed by atoms with Gasteiger partial charge in [-0.15, -0.1) is 0 Å². The van der Waals surface area contributed by atoms with Crippen molar-refractivity contribution in [2.24, 2.45) is 5.92 Å². The highest BCUT2D eigenvalue weighted by Crippen LogP contribution is 2.29. The molecule has 1 aliphatic carbocycles. The maximum atomic E-state index is 14.4. The van der Waals surface area contributed by atoms with Gasteiger partial charge in [-0.25, -0.2) is 17.8 Å². The monoisotopic (exact) mass is 426 g/mol. The molecule has 9 heteroatoms. The molecule has 0 atom stereocenters. The Labute approximate surface area is 167 Å². The molecule has 2 fully saturated rings. The van der Waals surface area contributed by atoms with Crippen LogP contribution in [0.25, 0.3) is 10.9 Å². The second kappa shape index (κ2) is 8.02. The molecule has 152 valence electrons. The number of ether oxygens (including phenoxy) is 1. The quantitative estimate of drug-likeness (QED) is 0.764. The predicted octanol–water partition coefficient (Wildman–Crippen LogP) is 3.05. The van der Waals surface area contributed by atoms with E-state index in [2.05, 4.69) is 9.97 Å². The van der Waals surface area contributed by atoms with Crippen LogP contribution in [-0.4, -0.2) is 41.7 Å². The van der Waals surface area contributed by atoms with Crippen molar-refractivity contribution in [3.05, 3.63) is 34.1 Å². The number of sulfone groups is 1. The fourth-order valence-electron chi connectivity index (χ4n) is 3.50. The molecule has 0 unspecified atom stereocenters. The number of fused-ring (bicyclic) bond motifs is 1. The summed E-state index contributed by atoms with van der Waals surface area (Å²) in [6.07, 6.45) is 4.71. The molecule has 2 aromatic rings. The lowest BCUT2D eigenvalue weighted by Crippen LogP contribution is -2.25. The van der Waals surface area contributed by atoms with Gasteiger partial charge in [0.05, 0.1) is 29.4 Å². The zero-order valence-electron chi connectivity index (χ0n) is 15.4.